The molecular formula is C16H19ClN2O2. The lowest BCUT2D eigenvalue weighted by molar-refractivity contribution is -0.141. The van der Waals surface area contributed by atoms with Gasteiger partial charge in [0, 0.05) is 13.5 Å². The minimum Gasteiger partial charge on any atom is -0.481 e. The number of carboxylic acids is 1. The van der Waals surface area contributed by atoms with E-state index in [1.807, 2.05) is 38.1 Å². The first-order valence-electron chi connectivity index (χ1n) is 6.84. The summed E-state index contributed by atoms with van der Waals surface area (Å²) in [4.78, 5) is 11.5. The number of hydrogen-bond acceptors (Lipinski definition) is 2. The molecule has 0 bridgehead atoms. The van der Waals surface area contributed by atoms with Gasteiger partial charge in [-0.25, -0.2) is 0 Å². The van der Waals surface area contributed by atoms with E-state index in [9.17, 15) is 9.90 Å². The van der Waals surface area contributed by atoms with Crippen LogP contribution in [0.15, 0.2) is 24.3 Å². The van der Waals surface area contributed by atoms with E-state index in [0.717, 1.165) is 22.5 Å². The smallest absolute Gasteiger partial charge is 0.307 e. The number of benzene rings is 1. The molecule has 1 atom stereocenters. The van der Waals surface area contributed by atoms with Gasteiger partial charge in [0.05, 0.1) is 22.3 Å². The van der Waals surface area contributed by atoms with Crippen molar-refractivity contribution in [1.82, 2.24) is 9.78 Å². The van der Waals surface area contributed by atoms with Crippen LogP contribution in [0, 0.1) is 19.8 Å². The first kappa shape index (κ1) is 15.6. The predicted molar refractivity (Wildman–Crippen MR) is 82.7 cm³/mol. The van der Waals surface area contributed by atoms with Crippen molar-refractivity contribution in [3.05, 3.63) is 51.8 Å². The number of hydrogen-bond donors (Lipinski definition) is 1. The normalized spacial score (nSPS) is 12.4. The lowest BCUT2D eigenvalue weighted by atomic mass is 9.94. The van der Waals surface area contributed by atoms with Crippen molar-refractivity contribution in [2.45, 2.75) is 26.7 Å². The van der Waals surface area contributed by atoms with Crippen molar-refractivity contribution >= 4 is 17.6 Å². The first-order valence-corrected chi connectivity index (χ1v) is 7.22. The van der Waals surface area contributed by atoms with E-state index >= 15 is 0 Å². The van der Waals surface area contributed by atoms with Gasteiger partial charge in [-0.05, 0) is 25.8 Å². The lowest BCUT2D eigenvalue weighted by Crippen LogP contribution is -2.20. The number of carboxylic acid groups (broad SMARTS) is 1. The van der Waals surface area contributed by atoms with Gasteiger partial charge in [0.2, 0.25) is 0 Å². The molecule has 1 aromatic carbocycles. The molecule has 1 unspecified atom stereocenters. The highest BCUT2D eigenvalue weighted by atomic mass is 35.5. The van der Waals surface area contributed by atoms with E-state index in [1.165, 1.54) is 0 Å². The second kappa shape index (κ2) is 6.31. The van der Waals surface area contributed by atoms with Gasteiger partial charge in [-0.3, -0.25) is 9.48 Å². The second-order valence-electron chi connectivity index (χ2n) is 5.40. The summed E-state index contributed by atoms with van der Waals surface area (Å²) in [6.45, 7) is 3.83. The zero-order valence-corrected chi connectivity index (χ0v) is 13.2. The third-order valence-corrected chi connectivity index (χ3v) is 4.14. The highest BCUT2D eigenvalue weighted by Gasteiger charge is 2.23. The van der Waals surface area contributed by atoms with E-state index in [4.69, 9.17) is 11.6 Å². The minimum absolute atomic E-state index is 0.374. The summed E-state index contributed by atoms with van der Waals surface area (Å²) in [5.41, 5.74) is 3.68. The highest BCUT2D eigenvalue weighted by molar-refractivity contribution is 6.31. The minimum atomic E-state index is -0.814. The van der Waals surface area contributed by atoms with Crippen LogP contribution in [0.25, 0.3) is 0 Å². The summed E-state index contributed by atoms with van der Waals surface area (Å²) < 4.78 is 1.67. The van der Waals surface area contributed by atoms with Gasteiger partial charge in [-0.15, -0.1) is 0 Å². The van der Waals surface area contributed by atoms with E-state index in [0.29, 0.717) is 17.9 Å². The first-order chi connectivity index (χ1) is 9.88. The molecule has 1 N–H and O–H groups in total. The number of rotatable bonds is 5. The zero-order valence-electron chi connectivity index (χ0n) is 12.4. The van der Waals surface area contributed by atoms with Crippen molar-refractivity contribution in [1.29, 1.82) is 0 Å². The van der Waals surface area contributed by atoms with Crippen LogP contribution >= 0.6 is 11.6 Å². The Bertz CT molecular complexity index is 647. The number of aromatic nitrogens is 2. The van der Waals surface area contributed by atoms with Crippen LogP contribution < -0.4 is 0 Å². The number of aliphatic carboxylic acids is 1. The Balaban J connectivity index is 2.20. The SMILES string of the molecule is Cc1ccc(CC(Cc2c(Cl)c(C)nn2C)C(=O)O)cc1. The van der Waals surface area contributed by atoms with Gasteiger partial charge in [0.1, 0.15) is 0 Å². The Morgan fingerprint density at radius 3 is 2.38 bits per heavy atom. The second-order valence-corrected chi connectivity index (χ2v) is 5.78. The average molecular weight is 307 g/mol. The predicted octanol–water partition coefficient (Wildman–Crippen LogP) is 3.18. The fraction of sp³-hybridized carbons (Fsp3) is 0.375. The third-order valence-electron chi connectivity index (χ3n) is 3.65. The van der Waals surface area contributed by atoms with Gasteiger partial charge in [0.25, 0.3) is 0 Å². The fourth-order valence-electron chi connectivity index (χ4n) is 2.39. The van der Waals surface area contributed by atoms with Crippen LogP contribution in [-0.4, -0.2) is 20.9 Å². The van der Waals surface area contributed by atoms with E-state index in [2.05, 4.69) is 5.10 Å². The highest BCUT2D eigenvalue weighted by Crippen LogP contribution is 2.24. The van der Waals surface area contributed by atoms with E-state index in [-0.39, 0.29) is 0 Å². The van der Waals surface area contributed by atoms with Crippen molar-refractivity contribution < 1.29 is 9.90 Å². The average Bonchev–Trinajstić information content (AvgIpc) is 2.66. The van der Waals surface area contributed by atoms with Gasteiger partial charge >= 0.3 is 5.97 Å². The maximum Gasteiger partial charge on any atom is 0.307 e. The summed E-state index contributed by atoms with van der Waals surface area (Å²) >= 11 is 6.21. The van der Waals surface area contributed by atoms with Gasteiger partial charge < -0.3 is 5.11 Å². The van der Waals surface area contributed by atoms with Crippen molar-refractivity contribution in [3.8, 4) is 0 Å². The summed E-state index contributed by atoms with van der Waals surface area (Å²) in [5.74, 6) is -1.33. The molecule has 0 fully saturated rings. The van der Waals surface area contributed by atoms with Gasteiger partial charge in [-0.2, -0.15) is 5.10 Å². The molecule has 1 heterocycles. The molecule has 2 rings (SSSR count). The fourth-order valence-corrected chi connectivity index (χ4v) is 2.63. The number of nitrogens with zero attached hydrogens (tertiary/aromatic N) is 2. The van der Waals surface area contributed by atoms with Crippen molar-refractivity contribution in [2.24, 2.45) is 13.0 Å². The molecule has 1 aromatic heterocycles. The van der Waals surface area contributed by atoms with E-state index in [1.54, 1.807) is 11.7 Å². The molecule has 4 nitrogen and oxygen atoms in total. The topological polar surface area (TPSA) is 55.1 Å². The lowest BCUT2D eigenvalue weighted by Gasteiger charge is -2.13. The molecule has 0 spiro atoms. The number of aryl methyl sites for hydroxylation is 3. The zero-order chi connectivity index (χ0) is 15.6. The van der Waals surface area contributed by atoms with Crippen molar-refractivity contribution in [3.63, 3.8) is 0 Å². The van der Waals surface area contributed by atoms with Crippen LogP contribution in [-0.2, 0) is 24.7 Å². The third kappa shape index (κ3) is 3.64. The summed E-state index contributed by atoms with van der Waals surface area (Å²) in [7, 11) is 1.79. The monoisotopic (exact) mass is 306 g/mol. The maximum absolute atomic E-state index is 11.5. The van der Waals surface area contributed by atoms with Crippen LogP contribution in [0.2, 0.25) is 5.02 Å². The Morgan fingerprint density at radius 2 is 1.90 bits per heavy atom. The Kier molecular flexibility index (Phi) is 4.68. The standard InChI is InChI=1S/C16H19ClN2O2/c1-10-4-6-12(7-5-10)8-13(16(20)21)9-14-15(17)11(2)18-19(14)3/h4-7,13H,8-9H2,1-3H3,(H,20,21). The molecule has 0 radical (unpaired) electrons. The molecule has 0 saturated carbocycles. The van der Waals surface area contributed by atoms with Crippen LogP contribution in [0.1, 0.15) is 22.5 Å². The molecule has 21 heavy (non-hydrogen) atoms. The molecule has 112 valence electrons. The maximum atomic E-state index is 11.5. The molecular weight excluding hydrogens is 288 g/mol. The largest absolute Gasteiger partial charge is 0.481 e. The van der Waals surface area contributed by atoms with E-state index < -0.39 is 11.9 Å². The van der Waals surface area contributed by atoms with Crippen LogP contribution in [0.3, 0.4) is 0 Å². The molecule has 0 aliphatic heterocycles. The molecule has 0 amide bonds. The molecule has 5 heteroatoms. The van der Waals surface area contributed by atoms with Gasteiger partial charge in [-0.1, -0.05) is 41.4 Å². The van der Waals surface area contributed by atoms with Crippen LogP contribution in [0.5, 0.6) is 0 Å². The summed E-state index contributed by atoms with van der Waals surface area (Å²) in [6.07, 6.45) is 0.857. The molecule has 0 aliphatic carbocycles. The molecule has 0 saturated heterocycles. The Labute approximate surface area is 129 Å². The quantitative estimate of drug-likeness (QED) is 0.923. The van der Waals surface area contributed by atoms with Crippen LogP contribution in [0.4, 0.5) is 0 Å². The molecule has 0 aliphatic rings. The Morgan fingerprint density at radius 1 is 1.29 bits per heavy atom. The number of halogens is 1. The van der Waals surface area contributed by atoms with Gasteiger partial charge in [0.15, 0.2) is 0 Å². The molecule has 2 aromatic rings. The van der Waals surface area contributed by atoms with Crippen molar-refractivity contribution in [2.75, 3.05) is 0 Å². The number of carbonyl (C=O) groups is 1. The Hall–Kier alpha value is -1.81. The summed E-state index contributed by atoms with van der Waals surface area (Å²) in [6, 6.07) is 7.94. The summed E-state index contributed by atoms with van der Waals surface area (Å²) in [5, 5.41) is 14.3.